The van der Waals surface area contributed by atoms with Crippen LogP contribution in [0.1, 0.15) is 36.8 Å². The monoisotopic (exact) mass is 427 g/mol. The van der Waals surface area contributed by atoms with Crippen molar-refractivity contribution in [3.63, 3.8) is 0 Å². The van der Waals surface area contributed by atoms with Gasteiger partial charge in [-0.1, -0.05) is 18.9 Å². The van der Waals surface area contributed by atoms with Crippen molar-refractivity contribution >= 4 is 5.78 Å². The lowest BCUT2D eigenvalue weighted by Crippen LogP contribution is -3.00. The number of likely N-dealkylation sites (N-methyl/N-ethyl adjacent to an activating group) is 1. The Morgan fingerprint density at radius 2 is 2.04 bits per heavy atom. The highest BCUT2D eigenvalue weighted by Crippen LogP contribution is 2.55. The summed E-state index contributed by atoms with van der Waals surface area (Å²) in [4.78, 5) is 13.3. The molecule has 1 saturated heterocycles. The molecule has 1 aliphatic heterocycles. The number of nitrogens with zero attached hydrogens (tertiary/aromatic N) is 1. The summed E-state index contributed by atoms with van der Waals surface area (Å²) in [5.74, 6) is 1.87. The third-order valence-electron chi connectivity index (χ3n) is 6.61. The molecule has 3 atom stereocenters. The summed E-state index contributed by atoms with van der Waals surface area (Å²) in [6.45, 7) is 0.678. The van der Waals surface area contributed by atoms with Gasteiger partial charge in [0.25, 0.3) is 0 Å². The molecule has 0 aromatic heterocycles. The van der Waals surface area contributed by atoms with Gasteiger partial charge in [0.1, 0.15) is 12.3 Å². The molecule has 4 heteroatoms. The summed E-state index contributed by atoms with van der Waals surface area (Å²) in [5.41, 5.74) is 2.44. The first-order valence-corrected chi connectivity index (χ1v) is 8.52. The number of rotatable bonds is 1. The van der Waals surface area contributed by atoms with Gasteiger partial charge in [0, 0.05) is 12.3 Å². The minimum absolute atomic E-state index is 0. The summed E-state index contributed by atoms with van der Waals surface area (Å²) in [7, 11) is 6.21. The first-order chi connectivity index (χ1) is 10.5. The number of methoxy groups -OCH3 is 1. The number of ketones is 1. The van der Waals surface area contributed by atoms with E-state index in [0.29, 0.717) is 24.3 Å². The van der Waals surface area contributed by atoms with Gasteiger partial charge in [-0.2, -0.15) is 0 Å². The molecule has 0 radical (unpaired) electrons. The minimum Gasteiger partial charge on any atom is -1.00 e. The second-order valence-electron chi connectivity index (χ2n) is 7.98. The van der Waals surface area contributed by atoms with E-state index in [9.17, 15) is 4.79 Å². The lowest BCUT2D eigenvalue weighted by atomic mass is 9.51. The van der Waals surface area contributed by atoms with Crippen LogP contribution < -0.4 is 28.7 Å². The van der Waals surface area contributed by atoms with Crippen molar-refractivity contribution in [2.24, 2.45) is 5.92 Å². The molecular formula is C19H26INO2. The molecule has 126 valence electrons. The average Bonchev–Trinajstić information content (AvgIpc) is 2.51. The molecule has 0 spiro atoms. The van der Waals surface area contributed by atoms with Crippen molar-refractivity contribution in [1.29, 1.82) is 0 Å². The van der Waals surface area contributed by atoms with Crippen LogP contribution in [0.3, 0.4) is 0 Å². The maximum Gasteiger partial charge on any atom is 0.197 e. The Morgan fingerprint density at radius 1 is 1.26 bits per heavy atom. The predicted octanol–water partition coefficient (Wildman–Crippen LogP) is -0.289. The Balaban J connectivity index is 0.00000156. The topological polar surface area (TPSA) is 26.3 Å². The van der Waals surface area contributed by atoms with E-state index in [4.69, 9.17) is 4.74 Å². The quantitative estimate of drug-likeness (QED) is 0.455. The molecule has 0 N–H and O–H groups in total. The molecule has 0 unspecified atom stereocenters. The van der Waals surface area contributed by atoms with Crippen LogP contribution in [0.25, 0.3) is 0 Å². The lowest BCUT2D eigenvalue weighted by molar-refractivity contribution is -0.916. The number of hydrogen-bond donors (Lipinski definition) is 0. The fourth-order valence-electron chi connectivity index (χ4n) is 5.56. The number of carbonyl (C=O) groups is 1. The number of fused-ring (bicyclic) bond motifs is 1. The number of piperidine rings is 1. The van der Waals surface area contributed by atoms with Crippen LogP contribution in [0, 0.1) is 5.92 Å². The Hall–Kier alpha value is -0.620. The van der Waals surface area contributed by atoms with Gasteiger partial charge in [-0.15, -0.1) is 0 Å². The fraction of sp³-hybridized carbons (Fsp3) is 0.632. The van der Waals surface area contributed by atoms with Crippen LogP contribution in [0.5, 0.6) is 5.75 Å². The first kappa shape index (κ1) is 17.2. The zero-order chi connectivity index (χ0) is 15.5. The Morgan fingerprint density at radius 3 is 2.78 bits per heavy atom. The van der Waals surface area contributed by atoms with Gasteiger partial charge in [-0.25, -0.2) is 0 Å². The van der Waals surface area contributed by atoms with Crippen molar-refractivity contribution < 1.29 is 38.0 Å². The van der Waals surface area contributed by atoms with Crippen LogP contribution >= 0.6 is 0 Å². The lowest BCUT2D eigenvalue weighted by Gasteiger charge is -2.59. The van der Waals surface area contributed by atoms with E-state index >= 15 is 0 Å². The highest BCUT2D eigenvalue weighted by Gasteiger charge is 2.62. The van der Waals surface area contributed by atoms with E-state index in [2.05, 4.69) is 32.3 Å². The Bertz CT molecular complexity index is 642. The van der Waals surface area contributed by atoms with Gasteiger partial charge >= 0.3 is 0 Å². The van der Waals surface area contributed by atoms with Crippen molar-refractivity contribution in [3.8, 4) is 5.75 Å². The number of Topliss-reactive ketones (excluding diaryl/α,β-unsaturated/α-hetero) is 1. The summed E-state index contributed by atoms with van der Waals surface area (Å²) < 4.78 is 6.31. The number of halogens is 1. The molecule has 23 heavy (non-hydrogen) atoms. The third kappa shape index (κ3) is 2.28. The first-order valence-electron chi connectivity index (χ1n) is 8.52. The van der Waals surface area contributed by atoms with Gasteiger partial charge in [-0.3, -0.25) is 4.79 Å². The SMILES string of the molecule is COc1ccc2c(c1)[C@]13CCCC[C@H]1[C@H](C2)[N+](C)(C)CC3=O.[I-]. The van der Waals surface area contributed by atoms with Crippen molar-refractivity contribution in [3.05, 3.63) is 29.3 Å². The molecule has 1 heterocycles. The third-order valence-corrected chi connectivity index (χ3v) is 6.61. The molecule has 3 nitrogen and oxygen atoms in total. The number of ether oxygens (including phenoxy) is 1. The van der Waals surface area contributed by atoms with Crippen LogP contribution in [-0.2, 0) is 16.6 Å². The maximum absolute atomic E-state index is 13.3. The molecule has 1 saturated carbocycles. The van der Waals surface area contributed by atoms with Gasteiger partial charge in [0.05, 0.1) is 32.7 Å². The highest BCUT2D eigenvalue weighted by molar-refractivity contribution is 5.93. The molecule has 2 bridgehead atoms. The fourth-order valence-corrected chi connectivity index (χ4v) is 5.56. The zero-order valence-electron chi connectivity index (χ0n) is 14.3. The van der Waals surface area contributed by atoms with Crippen molar-refractivity contribution in [2.45, 2.75) is 43.6 Å². The Labute approximate surface area is 156 Å². The molecule has 1 aromatic carbocycles. The maximum atomic E-state index is 13.3. The molecule has 2 fully saturated rings. The van der Waals surface area contributed by atoms with Gasteiger partial charge in [0.15, 0.2) is 5.78 Å². The van der Waals surface area contributed by atoms with Crippen LogP contribution in [-0.4, -0.2) is 44.1 Å². The van der Waals surface area contributed by atoms with Crippen LogP contribution in [0.2, 0.25) is 0 Å². The second-order valence-corrected chi connectivity index (χ2v) is 7.98. The summed E-state index contributed by atoms with van der Waals surface area (Å²) in [5, 5.41) is 0. The van der Waals surface area contributed by atoms with Crippen molar-refractivity contribution in [2.75, 3.05) is 27.7 Å². The van der Waals surface area contributed by atoms with Crippen LogP contribution in [0.4, 0.5) is 0 Å². The van der Waals surface area contributed by atoms with Gasteiger partial charge in [-0.05, 0) is 36.1 Å². The number of quaternary nitrogens is 1. The number of benzene rings is 1. The van der Waals surface area contributed by atoms with Gasteiger partial charge in [0.2, 0.25) is 0 Å². The Kier molecular flexibility index (Phi) is 4.28. The average molecular weight is 427 g/mol. The predicted molar refractivity (Wildman–Crippen MR) is 86.1 cm³/mol. The van der Waals surface area contributed by atoms with E-state index in [-0.39, 0.29) is 29.4 Å². The van der Waals surface area contributed by atoms with E-state index in [0.717, 1.165) is 23.1 Å². The number of likely N-dealkylation sites (tertiary alicyclic amines) is 1. The number of hydrogen-bond acceptors (Lipinski definition) is 2. The summed E-state index contributed by atoms with van der Waals surface area (Å²) >= 11 is 0. The minimum atomic E-state index is -0.223. The van der Waals surface area contributed by atoms with Crippen LogP contribution in [0.15, 0.2) is 18.2 Å². The van der Waals surface area contributed by atoms with Gasteiger partial charge < -0.3 is 33.2 Å². The normalized spacial score (nSPS) is 34.0. The summed E-state index contributed by atoms with van der Waals surface area (Å²) in [6, 6.07) is 7.00. The standard InChI is InChI=1S/C19H26NO2.HI/c1-20(2)12-18(21)19-9-5-4-6-15(19)17(20)10-13-7-8-14(22-3)11-16(13)19;/h7-8,11,15,17H,4-6,9-10,12H2,1-3H3;1H/q+1;/p-1/t15-,17-,19-;/m0./s1. The largest absolute Gasteiger partial charge is 1.00 e. The summed E-state index contributed by atoms with van der Waals surface area (Å²) in [6.07, 6.45) is 5.79. The smallest absolute Gasteiger partial charge is 0.197 e. The molecule has 4 rings (SSSR count). The van der Waals surface area contributed by atoms with E-state index in [1.807, 2.05) is 0 Å². The molecule has 3 aliphatic rings. The zero-order valence-corrected chi connectivity index (χ0v) is 16.4. The van der Waals surface area contributed by atoms with E-state index < -0.39 is 0 Å². The van der Waals surface area contributed by atoms with E-state index in [1.165, 1.54) is 30.4 Å². The highest BCUT2D eigenvalue weighted by atomic mass is 127. The van der Waals surface area contributed by atoms with Crippen molar-refractivity contribution in [1.82, 2.24) is 0 Å². The molecule has 0 amide bonds. The molecule has 2 aliphatic carbocycles. The molecular weight excluding hydrogens is 401 g/mol. The second kappa shape index (κ2) is 5.73. The molecule has 1 aromatic rings. The number of carbonyl (C=O) groups excluding carboxylic acids is 1. The van der Waals surface area contributed by atoms with E-state index in [1.54, 1.807) is 7.11 Å².